The molecule has 0 spiro atoms. The van der Waals surface area contributed by atoms with Crippen LogP contribution >= 0.6 is 0 Å². The van der Waals surface area contributed by atoms with Crippen LogP contribution in [0.5, 0.6) is 0 Å². The van der Waals surface area contributed by atoms with Gasteiger partial charge in [-0.1, -0.05) is 29.8 Å². The number of rotatable bonds is 6. The average Bonchev–Trinajstić information content (AvgIpc) is 2.29. The molecule has 0 aliphatic carbocycles. The van der Waals surface area contributed by atoms with Crippen LogP contribution in [-0.2, 0) is 16.0 Å². The smallest absolute Gasteiger partial charge is 0.165 e. The summed E-state index contributed by atoms with van der Waals surface area (Å²) in [5, 5.41) is 8.58. The summed E-state index contributed by atoms with van der Waals surface area (Å²) in [7, 11) is 0. The maximum absolute atomic E-state index is 11.7. The van der Waals surface area contributed by atoms with Crippen molar-refractivity contribution in [3.63, 3.8) is 0 Å². The molecule has 0 amide bonds. The van der Waals surface area contributed by atoms with Crippen LogP contribution < -0.4 is 0 Å². The molecule has 88 valence electrons. The second-order valence-corrected chi connectivity index (χ2v) is 3.87. The summed E-state index contributed by atoms with van der Waals surface area (Å²) in [5.41, 5.74) is 2.18. The maximum atomic E-state index is 11.7. The summed E-state index contributed by atoms with van der Waals surface area (Å²) in [5.74, 6) is 0.0392. The molecule has 3 heteroatoms. The molecule has 0 aliphatic rings. The van der Waals surface area contributed by atoms with E-state index in [1.807, 2.05) is 31.2 Å². The second kappa shape index (κ2) is 6.40. The summed E-state index contributed by atoms with van der Waals surface area (Å²) in [4.78, 5) is 11.7. The molecule has 1 aromatic carbocycles. The number of ether oxygens (including phenoxy) is 1. The lowest BCUT2D eigenvalue weighted by atomic mass is 10.0. The molecule has 0 radical (unpaired) electrons. The average molecular weight is 222 g/mol. The lowest BCUT2D eigenvalue weighted by molar-refractivity contribution is -0.129. The molecule has 0 saturated heterocycles. The fourth-order valence-electron chi connectivity index (χ4n) is 1.37. The number of ketones is 1. The van der Waals surface area contributed by atoms with Crippen molar-refractivity contribution in [2.75, 3.05) is 13.2 Å². The van der Waals surface area contributed by atoms with Gasteiger partial charge in [0.2, 0.25) is 0 Å². The zero-order valence-corrected chi connectivity index (χ0v) is 9.77. The first-order valence-electron chi connectivity index (χ1n) is 5.44. The second-order valence-electron chi connectivity index (χ2n) is 3.87. The molecule has 0 saturated carbocycles. The van der Waals surface area contributed by atoms with Gasteiger partial charge >= 0.3 is 0 Å². The minimum absolute atomic E-state index is 0.0392. The molecule has 0 bridgehead atoms. The van der Waals surface area contributed by atoms with Crippen molar-refractivity contribution in [2.45, 2.75) is 26.4 Å². The van der Waals surface area contributed by atoms with Crippen molar-refractivity contribution in [2.24, 2.45) is 0 Å². The summed E-state index contributed by atoms with van der Waals surface area (Å²) >= 11 is 0. The van der Waals surface area contributed by atoms with Crippen molar-refractivity contribution in [3.8, 4) is 0 Å². The molecule has 16 heavy (non-hydrogen) atoms. The Bertz CT molecular complexity index is 330. The lowest BCUT2D eigenvalue weighted by Gasteiger charge is -2.10. The Balaban J connectivity index is 2.47. The van der Waals surface area contributed by atoms with E-state index in [0.29, 0.717) is 6.42 Å². The Morgan fingerprint density at radius 2 is 2.00 bits per heavy atom. The van der Waals surface area contributed by atoms with Gasteiger partial charge in [-0.15, -0.1) is 0 Å². The molecule has 1 aromatic rings. The predicted molar refractivity (Wildman–Crippen MR) is 62.4 cm³/mol. The highest BCUT2D eigenvalue weighted by Gasteiger charge is 2.13. The molecule has 0 aliphatic heterocycles. The topological polar surface area (TPSA) is 46.5 Å². The van der Waals surface area contributed by atoms with E-state index in [2.05, 4.69) is 0 Å². The monoisotopic (exact) mass is 222 g/mol. The van der Waals surface area contributed by atoms with Crippen LogP contribution in [-0.4, -0.2) is 30.2 Å². The summed E-state index contributed by atoms with van der Waals surface area (Å²) in [6, 6.07) is 7.88. The van der Waals surface area contributed by atoms with Gasteiger partial charge in [0.1, 0.15) is 6.10 Å². The number of benzene rings is 1. The van der Waals surface area contributed by atoms with E-state index in [4.69, 9.17) is 9.84 Å². The first-order chi connectivity index (χ1) is 7.63. The zero-order valence-electron chi connectivity index (χ0n) is 9.77. The quantitative estimate of drug-likeness (QED) is 0.793. The maximum Gasteiger partial charge on any atom is 0.165 e. The van der Waals surface area contributed by atoms with E-state index in [-0.39, 0.29) is 19.0 Å². The highest BCUT2D eigenvalue weighted by Crippen LogP contribution is 2.06. The van der Waals surface area contributed by atoms with E-state index >= 15 is 0 Å². The Kier molecular flexibility index (Phi) is 5.15. The van der Waals surface area contributed by atoms with Gasteiger partial charge in [-0.25, -0.2) is 0 Å². The number of aliphatic hydroxyl groups excluding tert-OH is 1. The van der Waals surface area contributed by atoms with E-state index in [0.717, 1.165) is 5.56 Å². The number of carbonyl (C=O) groups excluding carboxylic acids is 1. The molecule has 0 heterocycles. The van der Waals surface area contributed by atoms with Gasteiger partial charge in [-0.2, -0.15) is 0 Å². The fourth-order valence-corrected chi connectivity index (χ4v) is 1.37. The molecule has 1 N–H and O–H groups in total. The van der Waals surface area contributed by atoms with Crippen LogP contribution in [0.1, 0.15) is 18.1 Å². The Hall–Kier alpha value is -1.19. The van der Waals surface area contributed by atoms with Crippen LogP contribution in [0.3, 0.4) is 0 Å². The zero-order chi connectivity index (χ0) is 12.0. The van der Waals surface area contributed by atoms with Crippen LogP contribution in [0.4, 0.5) is 0 Å². The van der Waals surface area contributed by atoms with Gasteiger partial charge in [-0.3, -0.25) is 4.79 Å². The summed E-state index contributed by atoms with van der Waals surface area (Å²) < 4.78 is 5.15. The van der Waals surface area contributed by atoms with E-state index in [1.54, 1.807) is 6.92 Å². The number of aryl methyl sites for hydroxylation is 1. The number of carbonyl (C=O) groups is 1. The van der Waals surface area contributed by atoms with Gasteiger partial charge in [-0.05, 0) is 19.4 Å². The number of hydrogen-bond donors (Lipinski definition) is 1. The predicted octanol–water partition coefficient (Wildman–Crippen LogP) is 1.50. The summed E-state index contributed by atoms with van der Waals surface area (Å²) in [6.45, 7) is 3.88. The third-order valence-electron chi connectivity index (χ3n) is 2.41. The van der Waals surface area contributed by atoms with Crippen molar-refractivity contribution in [1.82, 2.24) is 0 Å². The summed E-state index contributed by atoms with van der Waals surface area (Å²) in [6.07, 6.45) is -0.0687. The Labute approximate surface area is 96.1 Å². The molecule has 0 aromatic heterocycles. The first kappa shape index (κ1) is 12.9. The first-order valence-corrected chi connectivity index (χ1v) is 5.44. The Morgan fingerprint density at radius 3 is 2.56 bits per heavy atom. The third-order valence-corrected chi connectivity index (χ3v) is 2.41. The van der Waals surface area contributed by atoms with Gasteiger partial charge in [0.25, 0.3) is 0 Å². The van der Waals surface area contributed by atoms with Crippen LogP contribution in [0.15, 0.2) is 24.3 Å². The molecule has 1 rings (SSSR count). The van der Waals surface area contributed by atoms with E-state index in [9.17, 15) is 4.79 Å². The highest BCUT2D eigenvalue weighted by atomic mass is 16.5. The van der Waals surface area contributed by atoms with Crippen molar-refractivity contribution in [3.05, 3.63) is 35.4 Å². The normalized spacial score (nSPS) is 12.4. The van der Waals surface area contributed by atoms with Gasteiger partial charge < -0.3 is 9.84 Å². The number of aliphatic hydroxyl groups is 1. The van der Waals surface area contributed by atoms with Crippen LogP contribution in [0.2, 0.25) is 0 Å². The van der Waals surface area contributed by atoms with Crippen LogP contribution in [0, 0.1) is 6.92 Å². The molecule has 1 unspecified atom stereocenters. The van der Waals surface area contributed by atoms with Gasteiger partial charge in [0.15, 0.2) is 5.78 Å². The molecular formula is C13H18O3. The highest BCUT2D eigenvalue weighted by molar-refractivity contribution is 5.84. The van der Waals surface area contributed by atoms with E-state index < -0.39 is 6.10 Å². The number of Topliss-reactive ketones (excluding diaryl/α,β-unsaturated/α-hetero) is 1. The van der Waals surface area contributed by atoms with E-state index in [1.165, 1.54) is 5.56 Å². The standard InChI is InChI=1S/C13H18O3/c1-10-3-5-12(6-4-10)9-13(15)11(2)16-8-7-14/h3-6,11,14H,7-9H2,1-2H3. The van der Waals surface area contributed by atoms with Crippen molar-refractivity contribution < 1.29 is 14.6 Å². The molecule has 1 atom stereocenters. The Morgan fingerprint density at radius 1 is 1.38 bits per heavy atom. The SMILES string of the molecule is Cc1ccc(CC(=O)C(C)OCCO)cc1. The van der Waals surface area contributed by atoms with Crippen molar-refractivity contribution >= 4 is 5.78 Å². The molecule has 0 fully saturated rings. The van der Waals surface area contributed by atoms with Gasteiger partial charge in [0, 0.05) is 6.42 Å². The fraction of sp³-hybridized carbons (Fsp3) is 0.462. The third kappa shape index (κ3) is 4.13. The van der Waals surface area contributed by atoms with Crippen LogP contribution in [0.25, 0.3) is 0 Å². The van der Waals surface area contributed by atoms with Crippen molar-refractivity contribution in [1.29, 1.82) is 0 Å². The minimum Gasteiger partial charge on any atom is -0.394 e. The van der Waals surface area contributed by atoms with Gasteiger partial charge in [0.05, 0.1) is 13.2 Å². The lowest BCUT2D eigenvalue weighted by Crippen LogP contribution is -2.23. The molecule has 3 nitrogen and oxygen atoms in total. The largest absolute Gasteiger partial charge is 0.394 e. The number of hydrogen-bond acceptors (Lipinski definition) is 3. The minimum atomic E-state index is -0.451. The molecular weight excluding hydrogens is 204 g/mol.